The van der Waals surface area contributed by atoms with Gasteiger partial charge in [-0.3, -0.25) is 0 Å². The molecule has 0 heterocycles. The van der Waals surface area contributed by atoms with Crippen molar-refractivity contribution in [2.45, 2.75) is 38.1 Å². The molecular weight excluding hydrogens is 224 g/mol. The lowest BCUT2D eigenvalue weighted by molar-refractivity contribution is 0.304. The third-order valence-electron chi connectivity index (χ3n) is 3.97. The van der Waals surface area contributed by atoms with Gasteiger partial charge in [0, 0.05) is 13.1 Å². The molecular formula is C11H22N2O2S. The second kappa shape index (κ2) is 4.63. The molecule has 0 aromatic heterocycles. The van der Waals surface area contributed by atoms with E-state index in [2.05, 4.69) is 0 Å². The number of nitrogens with zero attached hydrogens (tertiary/aromatic N) is 1. The van der Waals surface area contributed by atoms with Crippen molar-refractivity contribution in [3.05, 3.63) is 0 Å². The molecule has 0 amide bonds. The minimum atomic E-state index is -3.05. The first-order chi connectivity index (χ1) is 7.54. The van der Waals surface area contributed by atoms with Gasteiger partial charge in [-0.25, -0.2) is 12.7 Å². The predicted molar refractivity (Wildman–Crippen MR) is 64.5 cm³/mol. The van der Waals surface area contributed by atoms with Crippen LogP contribution in [0.4, 0.5) is 0 Å². The molecule has 2 unspecified atom stereocenters. The summed E-state index contributed by atoms with van der Waals surface area (Å²) in [7, 11) is -1.31. The van der Waals surface area contributed by atoms with Gasteiger partial charge in [0.05, 0.1) is 5.75 Å². The third kappa shape index (κ3) is 2.57. The summed E-state index contributed by atoms with van der Waals surface area (Å²) < 4.78 is 25.8. The lowest BCUT2D eigenvalue weighted by Crippen LogP contribution is -2.42. The van der Waals surface area contributed by atoms with E-state index in [-0.39, 0.29) is 6.04 Å². The number of hydrogen-bond acceptors (Lipinski definition) is 3. The Kier molecular flexibility index (Phi) is 3.56. The van der Waals surface area contributed by atoms with Crippen LogP contribution in [0.15, 0.2) is 0 Å². The summed E-state index contributed by atoms with van der Waals surface area (Å²) in [4.78, 5) is 0. The van der Waals surface area contributed by atoms with Crippen LogP contribution in [-0.4, -0.2) is 38.1 Å². The van der Waals surface area contributed by atoms with Gasteiger partial charge in [-0.1, -0.05) is 6.42 Å². The van der Waals surface area contributed by atoms with Crippen molar-refractivity contribution in [1.82, 2.24) is 4.31 Å². The smallest absolute Gasteiger partial charge is 0.214 e. The Bertz CT molecular complexity index is 338. The first-order valence-electron chi connectivity index (χ1n) is 6.20. The van der Waals surface area contributed by atoms with Crippen molar-refractivity contribution in [3.8, 4) is 0 Å². The molecule has 5 heteroatoms. The Morgan fingerprint density at radius 2 is 1.94 bits per heavy atom. The summed E-state index contributed by atoms with van der Waals surface area (Å²) >= 11 is 0. The van der Waals surface area contributed by atoms with E-state index in [1.54, 1.807) is 11.4 Å². The minimum absolute atomic E-state index is 0.147. The fraction of sp³-hybridized carbons (Fsp3) is 1.00. The van der Waals surface area contributed by atoms with E-state index >= 15 is 0 Å². The monoisotopic (exact) mass is 246 g/mol. The quantitative estimate of drug-likeness (QED) is 0.780. The number of rotatable bonds is 5. The third-order valence-corrected chi connectivity index (χ3v) is 6.01. The molecule has 2 atom stereocenters. The van der Waals surface area contributed by atoms with Gasteiger partial charge >= 0.3 is 0 Å². The van der Waals surface area contributed by atoms with E-state index in [1.807, 2.05) is 0 Å². The highest BCUT2D eigenvalue weighted by Crippen LogP contribution is 2.34. The van der Waals surface area contributed by atoms with Gasteiger partial charge in [-0.2, -0.15) is 0 Å². The van der Waals surface area contributed by atoms with Crippen molar-refractivity contribution in [3.63, 3.8) is 0 Å². The minimum Gasteiger partial charge on any atom is -0.330 e. The van der Waals surface area contributed by atoms with Gasteiger partial charge < -0.3 is 5.73 Å². The Labute approximate surface area is 98.2 Å². The SMILES string of the molecule is CN(C1CCCC1CN)S(=O)(=O)CC1CC1. The Morgan fingerprint density at radius 3 is 2.50 bits per heavy atom. The van der Waals surface area contributed by atoms with Gasteiger partial charge in [0.25, 0.3) is 0 Å². The summed E-state index contributed by atoms with van der Waals surface area (Å²) in [6.45, 7) is 0.605. The van der Waals surface area contributed by atoms with Gasteiger partial charge in [0.15, 0.2) is 0 Å². The average Bonchev–Trinajstić information content (AvgIpc) is 2.91. The summed E-state index contributed by atoms with van der Waals surface area (Å²) in [5.74, 6) is 1.13. The summed E-state index contributed by atoms with van der Waals surface area (Å²) in [6.07, 6.45) is 5.32. The molecule has 2 aliphatic rings. The molecule has 0 aromatic carbocycles. The molecule has 0 radical (unpaired) electrons. The number of sulfonamides is 1. The van der Waals surface area contributed by atoms with E-state index in [9.17, 15) is 8.42 Å². The van der Waals surface area contributed by atoms with Gasteiger partial charge in [0.1, 0.15) is 0 Å². The van der Waals surface area contributed by atoms with Crippen LogP contribution in [0.3, 0.4) is 0 Å². The second-order valence-electron chi connectivity index (χ2n) is 5.23. The van der Waals surface area contributed by atoms with Crippen molar-refractivity contribution < 1.29 is 8.42 Å². The maximum Gasteiger partial charge on any atom is 0.214 e. The van der Waals surface area contributed by atoms with E-state index < -0.39 is 10.0 Å². The lowest BCUT2D eigenvalue weighted by Gasteiger charge is -2.28. The topological polar surface area (TPSA) is 63.4 Å². The molecule has 2 saturated carbocycles. The van der Waals surface area contributed by atoms with Crippen molar-refractivity contribution in [1.29, 1.82) is 0 Å². The van der Waals surface area contributed by atoms with Gasteiger partial charge in [0.2, 0.25) is 10.0 Å². The molecule has 16 heavy (non-hydrogen) atoms. The molecule has 2 fully saturated rings. The molecule has 2 rings (SSSR count). The number of nitrogens with two attached hydrogens (primary N) is 1. The largest absolute Gasteiger partial charge is 0.330 e. The highest BCUT2D eigenvalue weighted by molar-refractivity contribution is 7.89. The lowest BCUT2D eigenvalue weighted by atomic mass is 10.0. The van der Waals surface area contributed by atoms with Crippen LogP contribution in [-0.2, 0) is 10.0 Å². The maximum absolute atomic E-state index is 12.1. The second-order valence-corrected chi connectivity index (χ2v) is 7.31. The van der Waals surface area contributed by atoms with E-state index in [1.165, 1.54) is 0 Å². The first kappa shape index (κ1) is 12.3. The van der Waals surface area contributed by atoms with Crippen LogP contribution >= 0.6 is 0 Å². The predicted octanol–water partition coefficient (Wildman–Crippen LogP) is 0.785. The molecule has 4 nitrogen and oxygen atoms in total. The molecule has 2 aliphatic carbocycles. The molecule has 0 bridgehead atoms. The number of hydrogen-bond donors (Lipinski definition) is 1. The Balaban J connectivity index is 2.01. The molecule has 0 aromatic rings. The van der Waals surface area contributed by atoms with Crippen LogP contribution in [0.1, 0.15) is 32.1 Å². The summed E-state index contributed by atoms with van der Waals surface area (Å²) in [5, 5.41) is 0. The van der Waals surface area contributed by atoms with Crippen molar-refractivity contribution >= 4 is 10.0 Å². The summed E-state index contributed by atoms with van der Waals surface area (Å²) in [5.41, 5.74) is 5.70. The van der Waals surface area contributed by atoms with E-state index in [4.69, 9.17) is 5.73 Å². The van der Waals surface area contributed by atoms with E-state index in [0.29, 0.717) is 24.1 Å². The first-order valence-corrected chi connectivity index (χ1v) is 7.81. The van der Waals surface area contributed by atoms with Crippen LogP contribution in [0, 0.1) is 11.8 Å². The fourth-order valence-electron chi connectivity index (χ4n) is 2.68. The van der Waals surface area contributed by atoms with Crippen molar-refractivity contribution in [2.75, 3.05) is 19.3 Å². The standard InChI is InChI=1S/C11H22N2O2S/c1-13(11-4-2-3-10(11)7-12)16(14,15)8-9-5-6-9/h9-11H,2-8,12H2,1H3. The van der Waals surface area contributed by atoms with Gasteiger partial charge in [-0.05, 0) is 44.1 Å². The molecule has 94 valence electrons. The van der Waals surface area contributed by atoms with Crippen LogP contribution < -0.4 is 5.73 Å². The van der Waals surface area contributed by atoms with Gasteiger partial charge in [-0.15, -0.1) is 0 Å². The highest BCUT2D eigenvalue weighted by atomic mass is 32.2. The fourth-order valence-corrected chi connectivity index (χ4v) is 4.53. The molecule has 0 aliphatic heterocycles. The molecule has 0 spiro atoms. The zero-order valence-corrected chi connectivity index (χ0v) is 10.7. The van der Waals surface area contributed by atoms with Crippen LogP contribution in [0.5, 0.6) is 0 Å². The maximum atomic E-state index is 12.1. The van der Waals surface area contributed by atoms with E-state index in [0.717, 1.165) is 32.1 Å². The molecule has 2 N–H and O–H groups in total. The van der Waals surface area contributed by atoms with Crippen molar-refractivity contribution in [2.24, 2.45) is 17.6 Å². The normalized spacial score (nSPS) is 31.2. The summed E-state index contributed by atoms with van der Waals surface area (Å²) in [6, 6.07) is 0.147. The average molecular weight is 246 g/mol. The van der Waals surface area contributed by atoms with Crippen LogP contribution in [0.2, 0.25) is 0 Å². The zero-order valence-electron chi connectivity index (χ0n) is 9.93. The molecule has 0 saturated heterocycles. The Morgan fingerprint density at radius 1 is 1.25 bits per heavy atom. The zero-order chi connectivity index (χ0) is 11.8. The highest BCUT2D eigenvalue weighted by Gasteiger charge is 2.37. The Hall–Kier alpha value is -0.130. The van der Waals surface area contributed by atoms with Crippen LogP contribution in [0.25, 0.3) is 0 Å².